The Kier molecular flexibility index (Phi) is 4.48. The third kappa shape index (κ3) is 3.48. The molecule has 1 N–H and O–H groups in total. The molecule has 0 aromatic heterocycles. The van der Waals surface area contributed by atoms with Crippen LogP contribution in [0.25, 0.3) is 0 Å². The molecule has 0 radical (unpaired) electrons. The third-order valence-corrected chi connectivity index (χ3v) is 3.97. The standard InChI is InChI=1S/C16H27N3/c1-12-8-13(2)16(14(3)9-12)19(5)11-15-10-18(4)7-6-17-15/h8-9,15,17H,6-7,10-11H2,1-5H3. The van der Waals surface area contributed by atoms with Crippen LogP contribution in [-0.2, 0) is 0 Å². The zero-order valence-electron chi connectivity index (χ0n) is 13.0. The van der Waals surface area contributed by atoms with E-state index in [2.05, 4.69) is 62.1 Å². The topological polar surface area (TPSA) is 18.5 Å². The van der Waals surface area contributed by atoms with Gasteiger partial charge in [0.2, 0.25) is 0 Å². The Morgan fingerprint density at radius 1 is 1.26 bits per heavy atom. The van der Waals surface area contributed by atoms with Crippen LogP contribution in [-0.4, -0.2) is 51.2 Å². The van der Waals surface area contributed by atoms with Crippen LogP contribution in [0.15, 0.2) is 12.1 Å². The number of piperazine rings is 1. The van der Waals surface area contributed by atoms with Crippen molar-refractivity contribution in [2.75, 3.05) is 45.2 Å². The van der Waals surface area contributed by atoms with E-state index < -0.39 is 0 Å². The van der Waals surface area contributed by atoms with Crippen molar-refractivity contribution in [1.29, 1.82) is 0 Å². The second-order valence-electron chi connectivity index (χ2n) is 6.04. The molecule has 0 saturated carbocycles. The van der Waals surface area contributed by atoms with Crippen LogP contribution in [0.2, 0.25) is 0 Å². The van der Waals surface area contributed by atoms with Crippen LogP contribution < -0.4 is 10.2 Å². The Morgan fingerprint density at radius 3 is 2.47 bits per heavy atom. The van der Waals surface area contributed by atoms with Crippen molar-refractivity contribution in [3.63, 3.8) is 0 Å². The molecule has 1 aromatic carbocycles. The lowest BCUT2D eigenvalue weighted by molar-refractivity contribution is 0.241. The van der Waals surface area contributed by atoms with Crippen LogP contribution in [0.5, 0.6) is 0 Å². The molecule has 1 aromatic rings. The van der Waals surface area contributed by atoms with Crippen LogP contribution in [0.1, 0.15) is 16.7 Å². The summed E-state index contributed by atoms with van der Waals surface area (Å²) in [5.74, 6) is 0. The minimum Gasteiger partial charge on any atom is -0.373 e. The highest BCUT2D eigenvalue weighted by Gasteiger charge is 2.19. The number of hydrogen-bond donors (Lipinski definition) is 1. The van der Waals surface area contributed by atoms with E-state index in [0.717, 1.165) is 26.2 Å². The van der Waals surface area contributed by atoms with Gasteiger partial charge < -0.3 is 15.1 Å². The van der Waals surface area contributed by atoms with Gasteiger partial charge in [0.25, 0.3) is 0 Å². The summed E-state index contributed by atoms with van der Waals surface area (Å²) in [6, 6.07) is 5.11. The van der Waals surface area contributed by atoms with Crippen LogP contribution >= 0.6 is 0 Å². The fraction of sp³-hybridized carbons (Fsp3) is 0.625. The van der Waals surface area contributed by atoms with E-state index in [0.29, 0.717) is 6.04 Å². The van der Waals surface area contributed by atoms with Crippen molar-refractivity contribution in [2.45, 2.75) is 26.8 Å². The predicted octanol–water partition coefficient (Wildman–Crippen LogP) is 1.95. The van der Waals surface area contributed by atoms with Crippen molar-refractivity contribution in [3.05, 3.63) is 28.8 Å². The second-order valence-corrected chi connectivity index (χ2v) is 6.04. The molecule has 1 fully saturated rings. The van der Waals surface area contributed by atoms with Gasteiger partial charge in [-0.1, -0.05) is 17.7 Å². The number of aryl methyl sites for hydroxylation is 3. The molecular formula is C16H27N3. The number of nitrogens with zero attached hydrogens (tertiary/aromatic N) is 2. The highest BCUT2D eigenvalue weighted by Crippen LogP contribution is 2.25. The van der Waals surface area contributed by atoms with E-state index in [1.807, 2.05) is 0 Å². The van der Waals surface area contributed by atoms with Crippen LogP contribution in [0.3, 0.4) is 0 Å². The lowest BCUT2D eigenvalue weighted by Crippen LogP contribution is -2.53. The Labute approximate surface area is 117 Å². The highest BCUT2D eigenvalue weighted by atomic mass is 15.2. The average molecular weight is 261 g/mol. The maximum absolute atomic E-state index is 3.62. The maximum atomic E-state index is 3.62. The van der Waals surface area contributed by atoms with Gasteiger partial charge in [0, 0.05) is 45.0 Å². The fourth-order valence-electron chi connectivity index (χ4n) is 3.31. The average Bonchev–Trinajstić information content (AvgIpc) is 2.27. The van der Waals surface area contributed by atoms with Gasteiger partial charge in [-0.15, -0.1) is 0 Å². The molecule has 1 heterocycles. The summed E-state index contributed by atoms with van der Waals surface area (Å²) in [7, 11) is 4.41. The van der Waals surface area contributed by atoms with E-state index in [9.17, 15) is 0 Å². The van der Waals surface area contributed by atoms with Gasteiger partial charge in [-0.2, -0.15) is 0 Å². The van der Waals surface area contributed by atoms with Gasteiger partial charge in [0.1, 0.15) is 0 Å². The Bertz CT molecular complexity index is 419. The summed E-state index contributed by atoms with van der Waals surface area (Å²) in [6.07, 6.45) is 0. The minimum atomic E-state index is 0.559. The first-order valence-electron chi connectivity index (χ1n) is 7.18. The van der Waals surface area contributed by atoms with Gasteiger partial charge in [-0.05, 0) is 38.9 Å². The maximum Gasteiger partial charge on any atom is 0.0423 e. The lowest BCUT2D eigenvalue weighted by Gasteiger charge is -2.35. The van der Waals surface area contributed by atoms with Crippen molar-refractivity contribution in [1.82, 2.24) is 10.2 Å². The second kappa shape index (κ2) is 5.93. The Hall–Kier alpha value is -1.06. The molecule has 19 heavy (non-hydrogen) atoms. The van der Waals surface area contributed by atoms with Gasteiger partial charge in [0.15, 0.2) is 0 Å². The molecule has 1 saturated heterocycles. The number of benzene rings is 1. The molecule has 0 bridgehead atoms. The van der Waals surface area contributed by atoms with Crippen molar-refractivity contribution >= 4 is 5.69 Å². The summed E-state index contributed by atoms with van der Waals surface area (Å²) >= 11 is 0. The molecule has 1 aliphatic rings. The third-order valence-electron chi connectivity index (χ3n) is 3.97. The van der Waals surface area contributed by atoms with E-state index in [4.69, 9.17) is 0 Å². The number of hydrogen-bond acceptors (Lipinski definition) is 3. The smallest absolute Gasteiger partial charge is 0.0423 e. The Balaban J connectivity index is 2.09. The quantitative estimate of drug-likeness (QED) is 0.897. The molecule has 0 spiro atoms. The molecule has 106 valence electrons. The largest absolute Gasteiger partial charge is 0.373 e. The molecular weight excluding hydrogens is 234 g/mol. The van der Waals surface area contributed by atoms with Crippen LogP contribution in [0, 0.1) is 20.8 Å². The molecule has 1 unspecified atom stereocenters. The van der Waals surface area contributed by atoms with Gasteiger partial charge in [0.05, 0.1) is 0 Å². The van der Waals surface area contributed by atoms with Crippen molar-refractivity contribution < 1.29 is 0 Å². The summed E-state index contributed by atoms with van der Waals surface area (Å²) < 4.78 is 0. The zero-order chi connectivity index (χ0) is 14.0. The number of likely N-dealkylation sites (N-methyl/N-ethyl adjacent to an activating group) is 2. The minimum absolute atomic E-state index is 0.559. The molecule has 3 heteroatoms. The van der Waals surface area contributed by atoms with Crippen molar-refractivity contribution in [2.24, 2.45) is 0 Å². The molecule has 0 aliphatic carbocycles. The fourth-order valence-corrected chi connectivity index (χ4v) is 3.31. The van der Waals surface area contributed by atoms with E-state index >= 15 is 0 Å². The summed E-state index contributed by atoms with van der Waals surface area (Å²) in [4.78, 5) is 4.81. The summed E-state index contributed by atoms with van der Waals surface area (Å²) in [5.41, 5.74) is 5.50. The van der Waals surface area contributed by atoms with Gasteiger partial charge in [-0.25, -0.2) is 0 Å². The lowest BCUT2D eigenvalue weighted by atomic mass is 10.0. The van der Waals surface area contributed by atoms with Crippen molar-refractivity contribution in [3.8, 4) is 0 Å². The SMILES string of the molecule is Cc1cc(C)c(N(C)CC2CN(C)CCN2)c(C)c1. The monoisotopic (exact) mass is 261 g/mol. The molecule has 0 amide bonds. The number of rotatable bonds is 3. The predicted molar refractivity (Wildman–Crippen MR) is 83.2 cm³/mol. The van der Waals surface area contributed by atoms with Gasteiger partial charge >= 0.3 is 0 Å². The van der Waals surface area contributed by atoms with Crippen LogP contribution in [0.4, 0.5) is 5.69 Å². The molecule has 1 atom stereocenters. The van der Waals surface area contributed by atoms with E-state index in [-0.39, 0.29) is 0 Å². The molecule has 1 aliphatic heterocycles. The van der Waals surface area contributed by atoms with Gasteiger partial charge in [-0.3, -0.25) is 0 Å². The molecule has 2 rings (SSSR count). The van der Waals surface area contributed by atoms with E-state index in [1.165, 1.54) is 22.4 Å². The first kappa shape index (κ1) is 14.4. The Morgan fingerprint density at radius 2 is 1.89 bits per heavy atom. The number of anilines is 1. The first-order chi connectivity index (χ1) is 8.97. The molecule has 3 nitrogen and oxygen atoms in total. The summed E-state index contributed by atoms with van der Waals surface area (Å²) in [6.45, 7) is 11.0. The van der Waals surface area contributed by atoms with E-state index in [1.54, 1.807) is 0 Å². The highest BCUT2D eigenvalue weighted by molar-refractivity contribution is 5.59. The first-order valence-corrected chi connectivity index (χ1v) is 7.18. The number of nitrogens with one attached hydrogen (secondary N) is 1. The summed E-state index contributed by atoms with van der Waals surface area (Å²) in [5, 5.41) is 3.62. The normalized spacial score (nSPS) is 20.6. The zero-order valence-corrected chi connectivity index (χ0v) is 13.0.